The summed E-state index contributed by atoms with van der Waals surface area (Å²) in [4.78, 5) is 39.8. The van der Waals surface area contributed by atoms with Crippen LogP contribution in [0, 0.1) is 11.8 Å². The van der Waals surface area contributed by atoms with Crippen molar-refractivity contribution < 1.29 is 39.9 Å². The Kier molecular flexibility index (Phi) is 4.60. The Labute approximate surface area is 182 Å². The minimum Gasteiger partial charge on any atom is -0.508 e. The average molecular weight is 442 g/mol. The Bertz CT molecular complexity index is 1180. The Hall–Kier alpha value is -3.47. The monoisotopic (exact) mass is 442 g/mol. The van der Waals surface area contributed by atoms with Crippen molar-refractivity contribution >= 4 is 28.8 Å². The Morgan fingerprint density at radius 2 is 1.81 bits per heavy atom. The highest BCUT2D eigenvalue weighted by Gasteiger charge is 2.68. The van der Waals surface area contributed by atoms with Crippen molar-refractivity contribution in [3.05, 3.63) is 52.8 Å². The van der Waals surface area contributed by atoms with Crippen molar-refractivity contribution in [3.63, 3.8) is 0 Å². The summed E-state index contributed by atoms with van der Waals surface area (Å²) < 4.78 is 0. The summed E-state index contributed by atoms with van der Waals surface area (Å²) in [7, 11) is 2.88. The molecular weight excluding hydrogens is 420 g/mol. The number of nitrogens with two attached hydrogens (primary N) is 1. The molecule has 4 rings (SSSR count). The number of likely N-dealkylation sites (N-methyl/N-ethyl adjacent to an activating group) is 1. The summed E-state index contributed by atoms with van der Waals surface area (Å²) in [5.41, 5.74) is 1.16. The van der Waals surface area contributed by atoms with Gasteiger partial charge in [0.05, 0.1) is 29.2 Å². The van der Waals surface area contributed by atoms with Gasteiger partial charge in [0, 0.05) is 5.92 Å². The summed E-state index contributed by atoms with van der Waals surface area (Å²) in [5, 5.41) is 54.7. The molecule has 10 nitrogen and oxygen atoms in total. The van der Waals surface area contributed by atoms with Crippen LogP contribution in [0.25, 0.3) is 11.3 Å². The molecular formula is C22H22N2O8. The fourth-order valence-electron chi connectivity index (χ4n) is 5.21. The Morgan fingerprint density at radius 3 is 2.38 bits per heavy atom. The lowest BCUT2D eigenvalue weighted by molar-refractivity contribution is -0.166. The van der Waals surface area contributed by atoms with Gasteiger partial charge in [-0.15, -0.1) is 0 Å². The molecule has 1 amide bonds. The molecule has 3 aliphatic carbocycles. The molecule has 0 aliphatic heterocycles. The number of carbonyl (C=O) groups excluding carboxylic acids is 3. The van der Waals surface area contributed by atoms with E-state index in [1.165, 1.54) is 37.2 Å². The van der Waals surface area contributed by atoms with Gasteiger partial charge in [-0.25, -0.2) is 0 Å². The van der Waals surface area contributed by atoms with Crippen LogP contribution in [0.15, 0.2) is 41.7 Å². The third kappa shape index (κ3) is 2.42. The number of hydrogen-bond donors (Lipinski definition) is 6. The van der Waals surface area contributed by atoms with E-state index >= 15 is 0 Å². The molecule has 7 N–H and O–H groups in total. The third-order valence-corrected chi connectivity index (χ3v) is 6.61. The van der Waals surface area contributed by atoms with E-state index in [1.54, 1.807) is 0 Å². The number of aromatic hydroxyl groups is 1. The van der Waals surface area contributed by atoms with E-state index in [0.717, 1.165) is 0 Å². The molecule has 0 unspecified atom stereocenters. The molecule has 0 aromatic heterocycles. The number of benzene rings is 1. The van der Waals surface area contributed by atoms with Crippen LogP contribution < -0.4 is 5.73 Å². The molecule has 0 bridgehead atoms. The molecule has 0 saturated heterocycles. The van der Waals surface area contributed by atoms with Crippen LogP contribution in [0.1, 0.15) is 11.1 Å². The van der Waals surface area contributed by atoms with Gasteiger partial charge in [-0.3, -0.25) is 19.3 Å². The van der Waals surface area contributed by atoms with E-state index in [4.69, 9.17) is 5.73 Å². The second-order valence-corrected chi connectivity index (χ2v) is 8.44. The first kappa shape index (κ1) is 21.8. The number of phenolic OH excluding ortho intramolecular Hbond substituents is 1. The lowest BCUT2D eigenvalue weighted by Crippen LogP contribution is -2.70. The predicted molar refractivity (Wildman–Crippen MR) is 111 cm³/mol. The van der Waals surface area contributed by atoms with Crippen molar-refractivity contribution in [3.8, 4) is 5.75 Å². The zero-order chi connectivity index (χ0) is 23.9. The van der Waals surface area contributed by atoms with Crippen molar-refractivity contribution in [2.45, 2.75) is 17.7 Å². The van der Waals surface area contributed by atoms with Gasteiger partial charge < -0.3 is 31.3 Å². The lowest BCUT2D eigenvalue weighted by Gasteiger charge is -2.52. The summed E-state index contributed by atoms with van der Waals surface area (Å²) in [6.07, 6.45) is -1.69. The molecule has 1 saturated carbocycles. The maximum absolute atomic E-state index is 13.6. The van der Waals surface area contributed by atoms with Gasteiger partial charge in [-0.1, -0.05) is 18.7 Å². The number of fused-ring (bicyclic) bond motifs is 3. The van der Waals surface area contributed by atoms with E-state index in [9.17, 15) is 39.9 Å². The molecule has 1 aromatic rings. The number of aliphatic hydroxyl groups is 4. The number of aliphatic hydroxyl groups excluding tert-OH is 3. The molecule has 1 fully saturated rings. The predicted octanol–water partition coefficient (Wildman–Crippen LogP) is -0.594. The van der Waals surface area contributed by atoms with Crippen LogP contribution in [0.2, 0.25) is 0 Å². The molecule has 5 atom stereocenters. The number of Topliss-reactive ketones (excluding diaryl/α,β-unsaturated/α-hetero) is 2. The SMILES string of the molecule is C=C1c2cccc(O)c2C(O)=C2C(=O)[C@]3(O)C(O)=C(C(N)=O)C(=O)[C@@H](N(C)C)[C@@H]3[C@H](O)[C@H]12. The van der Waals surface area contributed by atoms with Gasteiger partial charge >= 0.3 is 0 Å². The van der Waals surface area contributed by atoms with E-state index < -0.39 is 69.7 Å². The van der Waals surface area contributed by atoms with Crippen molar-refractivity contribution in [2.75, 3.05) is 14.1 Å². The molecule has 10 heteroatoms. The van der Waals surface area contributed by atoms with Gasteiger partial charge in [-0.2, -0.15) is 0 Å². The first-order valence-electron chi connectivity index (χ1n) is 9.71. The largest absolute Gasteiger partial charge is 0.508 e. The summed E-state index contributed by atoms with van der Waals surface area (Å²) in [5.74, 6) is -8.78. The molecule has 0 radical (unpaired) electrons. The quantitative estimate of drug-likeness (QED) is 0.326. The second kappa shape index (κ2) is 6.76. The average Bonchev–Trinajstić information content (AvgIpc) is 2.70. The molecule has 32 heavy (non-hydrogen) atoms. The van der Waals surface area contributed by atoms with E-state index in [1.807, 2.05) is 0 Å². The lowest BCUT2D eigenvalue weighted by atomic mass is 9.55. The van der Waals surface area contributed by atoms with E-state index in [-0.39, 0.29) is 22.4 Å². The van der Waals surface area contributed by atoms with Gasteiger partial charge in [-0.05, 0) is 31.3 Å². The molecule has 168 valence electrons. The number of ketones is 2. The number of hydrogen-bond acceptors (Lipinski definition) is 9. The maximum Gasteiger partial charge on any atom is 0.255 e. The zero-order valence-electron chi connectivity index (χ0n) is 17.2. The van der Waals surface area contributed by atoms with E-state index in [2.05, 4.69) is 6.58 Å². The van der Waals surface area contributed by atoms with Crippen LogP contribution in [0.5, 0.6) is 5.75 Å². The highest BCUT2D eigenvalue weighted by molar-refractivity contribution is 6.25. The second-order valence-electron chi connectivity index (χ2n) is 8.44. The summed E-state index contributed by atoms with van der Waals surface area (Å²) >= 11 is 0. The van der Waals surface area contributed by atoms with Gasteiger partial charge in [0.25, 0.3) is 5.91 Å². The molecule has 0 heterocycles. The van der Waals surface area contributed by atoms with Crippen LogP contribution in [-0.2, 0) is 14.4 Å². The van der Waals surface area contributed by atoms with Gasteiger partial charge in [0.15, 0.2) is 11.4 Å². The first-order valence-corrected chi connectivity index (χ1v) is 9.71. The summed E-state index contributed by atoms with van der Waals surface area (Å²) in [6, 6.07) is 2.89. The number of primary amides is 1. The first-order chi connectivity index (χ1) is 14.9. The Morgan fingerprint density at radius 1 is 1.19 bits per heavy atom. The minimum atomic E-state index is -2.94. The van der Waals surface area contributed by atoms with E-state index in [0.29, 0.717) is 0 Å². The minimum absolute atomic E-state index is 0.124. The van der Waals surface area contributed by atoms with Crippen molar-refractivity contribution in [1.82, 2.24) is 4.90 Å². The number of rotatable bonds is 2. The highest BCUT2D eigenvalue weighted by atomic mass is 16.4. The molecule has 3 aliphatic rings. The number of carbonyl (C=O) groups is 3. The standard InChI is InChI=1S/C22H22N2O8/c1-7-8-5-4-6-9(25)11(8)16(26)12-10(7)17(27)14-15(24(2)3)18(28)13(21(23)31)20(30)22(14,32)19(12)29/h4-6,10,14-15,17,25-27,30,32H,1H2,2-3H3,(H2,23,31)/t10-,14-,15+,17-,22+/m1/s1. The highest BCUT2D eigenvalue weighted by Crippen LogP contribution is 2.55. The number of amides is 1. The zero-order valence-corrected chi connectivity index (χ0v) is 17.2. The summed E-state index contributed by atoms with van der Waals surface area (Å²) in [6.45, 7) is 3.91. The van der Waals surface area contributed by atoms with Crippen molar-refractivity contribution in [2.24, 2.45) is 17.6 Å². The van der Waals surface area contributed by atoms with Gasteiger partial charge in [0.2, 0.25) is 5.78 Å². The normalized spacial score (nSPS) is 32.1. The van der Waals surface area contributed by atoms with Crippen LogP contribution in [-0.4, -0.2) is 79.7 Å². The van der Waals surface area contributed by atoms with Crippen molar-refractivity contribution in [1.29, 1.82) is 0 Å². The number of nitrogens with zero attached hydrogens (tertiary/aromatic N) is 1. The van der Waals surface area contributed by atoms with Gasteiger partial charge in [0.1, 0.15) is 22.8 Å². The molecule has 1 aromatic carbocycles. The maximum atomic E-state index is 13.6. The van der Waals surface area contributed by atoms with Crippen LogP contribution in [0.3, 0.4) is 0 Å². The fourth-order valence-corrected chi connectivity index (χ4v) is 5.21. The number of phenols is 1. The molecule has 0 spiro atoms. The topological polar surface area (TPSA) is 182 Å². The smallest absolute Gasteiger partial charge is 0.255 e. The Balaban J connectivity index is 2.08. The van der Waals surface area contributed by atoms with Crippen LogP contribution >= 0.6 is 0 Å². The van der Waals surface area contributed by atoms with Crippen LogP contribution in [0.4, 0.5) is 0 Å². The fraction of sp³-hybridized carbons (Fsp3) is 0.318. The third-order valence-electron chi connectivity index (χ3n) is 6.61.